The number of hydrogen-bond donors (Lipinski definition) is 1. The molecule has 3 nitrogen and oxygen atoms in total. The van der Waals surface area contributed by atoms with Crippen molar-refractivity contribution in [3.05, 3.63) is 58.8 Å². The van der Waals surface area contributed by atoms with Gasteiger partial charge in [0.2, 0.25) is 5.88 Å². The van der Waals surface area contributed by atoms with Gasteiger partial charge in [0, 0.05) is 17.8 Å². The number of benzene rings is 1. The van der Waals surface area contributed by atoms with Crippen LogP contribution in [0.2, 0.25) is 0 Å². The maximum atomic E-state index is 5.41. The third-order valence-electron chi connectivity index (χ3n) is 3.54. The lowest BCUT2D eigenvalue weighted by Crippen LogP contribution is -2.23. The lowest BCUT2D eigenvalue weighted by Gasteiger charge is -2.20. The van der Waals surface area contributed by atoms with Crippen LogP contribution in [0.15, 0.2) is 36.5 Å². The van der Waals surface area contributed by atoms with Gasteiger partial charge in [-0.15, -0.1) is 0 Å². The first kappa shape index (κ1) is 15.5. The van der Waals surface area contributed by atoms with E-state index in [9.17, 15) is 0 Å². The predicted octanol–water partition coefficient (Wildman–Crippen LogP) is 3.60. The molecular weight excluding hydrogens is 260 g/mol. The van der Waals surface area contributed by atoms with E-state index in [-0.39, 0.29) is 6.04 Å². The summed E-state index contributed by atoms with van der Waals surface area (Å²) in [5, 5.41) is 3.54. The fourth-order valence-corrected chi connectivity index (χ4v) is 2.80. The summed E-state index contributed by atoms with van der Waals surface area (Å²) in [6, 6.07) is 11.0. The summed E-state index contributed by atoms with van der Waals surface area (Å²) in [5.41, 5.74) is 5.06. The molecule has 0 radical (unpaired) electrons. The van der Waals surface area contributed by atoms with Crippen LogP contribution >= 0.6 is 0 Å². The first-order chi connectivity index (χ1) is 10.1. The number of methoxy groups -OCH3 is 1. The number of aryl methyl sites for hydroxylation is 2. The molecular formula is C18H24N2O. The number of nitrogens with one attached hydrogen (secondary N) is 1. The molecule has 0 amide bonds. The Bertz CT molecular complexity index is 575. The van der Waals surface area contributed by atoms with Gasteiger partial charge >= 0.3 is 0 Å². The van der Waals surface area contributed by atoms with Crippen molar-refractivity contribution in [1.82, 2.24) is 10.3 Å². The Morgan fingerprint density at radius 2 is 1.90 bits per heavy atom. The number of pyridine rings is 1. The van der Waals surface area contributed by atoms with E-state index in [1.54, 1.807) is 13.3 Å². The van der Waals surface area contributed by atoms with Crippen molar-refractivity contribution in [2.45, 2.75) is 33.2 Å². The molecule has 0 saturated heterocycles. The molecule has 0 aliphatic carbocycles. The minimum Gasteiger partial charge on any atom is -0.481 e. The van der Waals surface area contributed by atoms with Crippen molar-refractivity contribution in [1.29, 1.82) is 0 Å². The van der Waals surface area contributed by atoms with Crippen LogP contribution < -0.4 is 10.1 Å². The molecule has 0 aliphatic heterocycles. The molecule has 1 N–H and O–H groups in total. The minimum atomic E-state index is 0.208. The number of rotatable bonds is 6. The highest BCUT2D eigenvalue weighted by Crippen LogP contribution is 2.26. The van der Waals surface area contributed by atoms with Gasteiger partial charge in [-0.1, -0.05) is 42.3 Å². The first-order valence-corrected chi connectivity index (χ1v) is 7.43. The molecule has 1 aromatic carbocycles. The third-order valence-corrected chi connectivity index (χ3v) is 3.54. The Morgan fingerprint density at radius 3 is 2.52 bits per heavy atom. The second kappa shape index (κ2) is 7.23. The lowest BCUT2D eigenvalue weighted by molar-refractivity contribution is 0.382. The van der Waals surface area contributed by atoms with Crippen LogP contribution in [-0.2, 0) is 6.42 Å². The number of likely N-dealkylation sites (N-methyl/N-ethyl adjacent to an activating group) is 1. The molecule has 112 valence electrons. The van der Waals surface area contributed by atoms with Crippen LogP contribution in [0.3, 0.4) is 0 Å². The van der Waals surface area contributed by atoms with Gasteiger partial charge in [0.15, 0.2) is 0 Å². The molecule has 1 unspecified atom stereocenters. The van der Waals surface area contributed by atoms with E-state index in [0.29, 0.717) is 5.88 Å². The highest BCUT2D eigenvalue weighted by molar-refractivity contribution is 5.33. The van der Waals surface area contributed by atoms with E-state index in [2.05, 4.69) is 55.3 Å². The molecule has 3 heteroatoms. The Balaban J connectivity index is 2.30. The Morgan fingerprint density at radius 1 is 1.19 bits per heavy atom. The molecule has 0 fully saturated rings. The SMILES string of the molecule is CCNC(Cc1cc(C)cc(C)c1)c1cccnc1OC. The van der Waals surface area contributed by atoms with Crippen LogP contribution in [0, 0.1) is 13.8 Å². The summed E-state index contributed by atoms with van der Waals surface area (Å²) in [6.07, 6.45) is 2.70. The summed E-state index contributed by atoms with van der Waals surface area (Å²) in [6.45, 7) is 7.32. The maximum absolute atomic E-state index is 5.41. The van der Waals surface area contributed by atoms with Crippen molar-refractivity contribution in [3.8, 4) is 5.88 Å². The second-order valence-corrected chi connectivity index (χ2v) is 5.41. The highest BCUT2D eigenvalue weighted by Gasteiger charge is 2.16. The molecule has 1 aromatic heterocycles. The zero-order valence-corrected chi connectivity index (χ0v) is 13.3. The van der Waals surface area contributed by atoms with E-state index >= 15 is 0 Å². The van der Waals surface area contributed by atoms with Crippen molar-refractivity contribution in [2.75, 3.05) is 13.7 Å². The van der Waals surface area contributed by atoms with Crippen LogP contribution in [0.1, 0.15) is 35.2 Å². The topological polar surface area (TPSA) is 34.2 Å². The summed E-state index contributed by atoms with van der Waals surface area (Å²) in [7, 11) is 1.67. The fourth-order valence-electron chi connectivity index (χ4n) is 2.80. The molecule has 2 aromatic rings. The molecule has 1 atom stereocenters. The smallest absolute Gasteiger partial charge is 0.217 e. The average molecular weight is 284 g/mol. The van der Waals surface area contributed by atoms with Gasteiger partial charge in [0.25, 0.3) is 0 Å². The molecule has 0 bridgehead atoms. The molecule has 0 aliphatic rings. The van der Waals surface area contributed by atoms with E-state index in [1.165, 1.54) is 16.7 Å². The normalized spacial score (nSPS) is 12.2. The van der Waals surface area contributed by atoms with E-state index in [1.807, 2.05) is 6.07 Å². The van der Waals surface area contributed by atoms with Crippen LogP contribution in [0.25, 0.3) is 0 Å². The second-order valence-electron chi connectivity index (χ2n) is 5.41. The van der Waals surface area contributed by atoms with Crippen LogP contribution in [0.4, 0.5) is 0 Å². The zero-order valence-electron chi connectivity index (χ0n) is 13.3. The lowest BCUT2D eigenvalue weighted by atomic mass is 9.97. The van der Waals surface area contributed by atoms with Crippen molar-refractivity contribution in [3.63, 3.8) is 0 Å². The van der Waals surface area contributed by atoms with Gasteiger partial charge in [0.05, 0.1) is 7.11 Å². The number of hydrogen-bond acceptors (Lipinski definition) is 3. The van der Waals surface area contributed by atoms with E-state index in [4.69, 9.17) is 4.74 Å². The fraction of sp³-hybridized carbons (Fsp3) is 0.389. The van der Waals surface area contributed by atoms with Crippen molar-refractivity contribution >= 4 is 0 Å². The van der Waals surface area contributed by atoms with Gasteiger partial charge in [-0.05, 0) is 38.4 Å². The Hall–Kier alpha value is -1.87. The van der Waals surface area contributed by atoms with Crippen molar-refractivity contribution in [2.24, 2.45) is 0 Å². The molecule has 0 spiro atoms. The predicted molar refractivity (Wildman–Crippen MR) is 86.8 cm³/mol. The summed E-state index contributed by atoms with van der Waals surface area (Å²) in [4.78, 5) is 4.31. The maximum Gasteiger partial charge on any atom is 0.217 e. The largest absolute Gasteiger partial charge is 0.481 e. The summed E-state index contributed by atoms with van der Waals surface area (Å²) < 4.78 is 5.41. The molecule has 2 rings (SSSR count). The van der Waals surface area contributed by atoms with E-state index in [0.717, 1.165) is 18.5 Å². The standard InChI is InChI=1S/C18H24N2O/c1-5-19-17(16-7-6-8-20-18(16)21-4)12-15-10-13(2)9-14(3)11-15/h6-11,17,19H,5,12H2,1-4H3. The number of ether oxygens (including phenoxy) is 1. The van der Waals surface area contributed by atoms with Gasteiger partial charge in [-0.25, -0.2) is 4.98 Å². The molecule has 1 heterocycles. The van der Waals surface area contributed by atoms with Gasteiger partial charge < -0.3 is 10.1 Å². The summed E-state index contributed by atoms with van der Waals surface area (Å²) in [5.74, 6) is 0.702. The van der Waals surface area contributed by atoms with Gasteiger partial charge in [0.1, 0.15) is 0 Å². The van der Waals surface area contributed by atoms with Crippen molar-refractivity contribution < 1.29 is 4.74 Å². The Labute approximate surface area is 127 Å². The van der Waals surface area contributed by atoms with Gasteiger partial charge in [-0.2, -0.15) is 0 Å². The number of nitrogens with zero attached hydrogens (tertiary/aromatic N) is 1. The average Bonchev–Trinajstić information content (AvgIpc) is 2.45. The zero-order chi connectivity index (χ0) is 15.2. The molecule has 21 heavy (non-hydrogen) atoms. The quantitative estimate of drug-likeness (QED) is 0.880. The first-order valence-electron chi connectivity index (χ1n) is 7.43. The third kappa shape index (κ3) is 4.05. The number of aromatic nitrogens is 1. The summed E-state index contributed by atoms with van der Waals surface area (Å²) >= 11 is 0. The minimum absolute atomic E-state index is 0.208. The van der Waals surface area contributed by atoms with Crippen LogP contribution in [0.5, 0.6) is 5.88 Å². The van der Waals surface area contributed by atoms with E-state index < -0.39 is 0 Å². The monoisotopic (exact) mass is 284 g/mol. The molecule has 0 saturated carbocycles. The van der Waals surface area contributed by atoms with Crippen LogP contribution in [-0.4, -0.2) is 18.6 Å². The Kier molecular flexibility index (Phi) is 5.34. The van der Waals surface area contributed by atoms with Gasteiger partial charge in [-0.3, -0.25) is 0 Å². The highest BCUT2D eigenvalue weighted by atomic mass is 16.5.